The Bertz CT molecular complexity index is 672. The SMILES string of the molecule is COc1ccc(C(O)Cn2nc3n(c2=O)CCCC3)cc1. The minimum Gasteiger partial charge on any atom is -0.497 e. The minimum absolute atomic E-state index is 0.128. The second kappa shape index (κ2) is 5.73. The molecule has 0 spiro atoms. The molecule has 1 unspecified atom stereocenters. The summed E-state index contributed by atoms with van der Waals surface area (Å²) in [5, 5.41) is 14.6. The van der Waals surface area contributed by atoms with E-state index in [9.17, 15) is 9.90 Å². The van der Waals surface area contributed by atoms with Crippen molar-refractivity contribution in [1.82, 2.24) is 14.3 Å². The molecule has 0 fully saturated rings. The normalized spacial score (nSPS) is 15.5. The van der Waals surface area contributed by atoms with Crippen molar-refractivity contribution in [3.8, 4) is 5.75 Å². The summed E-state index contributed by atoms with van der Waals surface area (Å²) in [6, 6.07) is 7.17. The molecule has 0 amide bonds. The van der Waals surface area contributed by atoms with Gasteiger partial charge in [0.15, 0.2) is 0 Å². The van der Waals surface area contributed by atoms with Gasteiger partial charge in [0.1, 0.15) is 11.6 Å². The Morgan fingerprint density at radius 1 is 1.33 bits per heavy atom. The molecule has 6 nitrogen and oxygen atoms in total. The Hall–Kier alpha value is -2.08. The summed E-state index contributed by atoms with van der Waals surface area (Å²) in [7, 11) is 1.60. The molecule has 1 aliphatic rings. The van der Waals surface area contributed by atoms with Crippen LogP contribution >= 0.6 is 0 Å². The van der Waals surface area contributed by atoms with E-state index in [0.717, 1.165) is 42.9 Å². The molecule has 0 radical (unpaired) electrons. The Morgan fingerprint density at radius 3 is 2.76 bits per heavy atom. The van der Waals surface area contributed by atoms with E-state index in [1.165, 1.54) is 4.68 Å². The van der Waals surface area contributed by atoms with Crippen LogP contribution in [0.1, 0.15) is 30.3 Å². The summed E-state index contributed by atoms with van der Waals surface area (Å²) in [4.78, 5) is 12.2. The summed E-state index contributed by atoms with van der Waals surface area (Å²) < 4.78 is 8.17. The third-order valence-electron chi connectivity index (χ3n) is 3.88. The largest absolute Gasteiger partial charge is 0.497 e. The van der Waals surface area contributed by atoms with Gasteiger partial charge in [0, 0.05) is 13.0 Å². The highest BCUT2D eigenvalue weighted by Crippen LogP contribution is 2.19. The first-order valence-electron chi connectivity index (χ1n) is 7.17. The minimum atomic E-state index is -0.759. The van der Waals surface area contributed by atoms with E-state index in [0.29, 0.717) is 0 Å². The molecule has 2 aromatic rings. The van der Waals surface area contributed by atoms with Crippen LogP contribution in [0.4, 0.5) is 0 Å². The highest BCUT2D eigenvalue weighted by molar-refractivity contribution is 5.28. The van der Waals surface area contributed by atoms with Crippen LogP contribution in [-0.4, -0.2) is 26.6 Å². The van der Waals surface area contributed by atoms with Crippen LogP contribution in [0.2, 0.25) is 0 Å². The van der Waals surface area contributed by atoms with Crippen molar-refractivity contribution in [3.05, 3.63) is 46.1 Å². The fourth-order valence-electron chi connectivity index (χ4n) is 2.66. The first kappa shape index (κ1) is 13.9. The highest BCUT2D eigenvalue weighted by atomic mass is 16.5. The van der Waals surface area contributed by atoms with Crippen molar-refractivity contribution in [1.29, 1.82) is 0 Å². The van der Waals surface area contributed by atoms with Crippen molar-refractivity contribution >= 4 is 0 Å². The predicted molar refractivity (Wildman–Crippen MR) is 77.4 cm³/mol. The van der Waals surface area contributed by atoms with Crippen LogP contribution in [0, 0.1) is 0 Å². The molecule has 0 saturated carbocycles. The number of aryl methyl sites for hydroxylation is 1. The van der Waals surface area contributed by atoms with Crippen LogP contribution in [0.3, 0.4) is 0 Å². The standard InChI is InChI=1S/C15H19N3O3/c1-21-12-7-5-11(6-8-12)13(19)10-18-15(20)17-9-3-2-4-14(17)16-18/h5-8,13,19H,2-4,9-10H2,1H3. The number of ether oxygens (including phenoxy) is 1. The number of nitrogens with zero attached hydrogens (tertiary/aromatic N) is 3. The average Bonchev–Trinajstić information content (AvgIpc) is 2.84. The van der Waals surface area contributed by atoms with E-state index < -0.39 is 6.10 Å². The van der Waals surface area contributed by atoms with Gasteiger partial charge in [0.2, 0.25) is 0 Å². The molecule has 112 valence electrons. The molecule has 1 aromatic carbocycles. The van der Waals surface area contributed by atoms with Crippen molar-refractivity contribution in [2.45, 2.75) is 38.5 Å². The van der Waals surface area contributed by atoms with Gasteiger partial charge in [-0.1, -0.05) is 12.1 Å². The van der Waals surface area contributed by atoms with E-state index in [-0.39, 0.29) is 12.2 Å². The quantitative estimate of drug-likeness (QED) is 0.916. The van der Waals surface area contributed by atoms with Gasteiger partial charge >= 0.3 is 5.69 Å². The zero-order chi connectivity index (χ0) is 14.8. The van der Waals surface area contributed by atoms with E-state index >= 15 is 0 Å². The summed E-state index contributed by atoms with van der Waals surface area (Å²) >= 11 is 0. The average molecular weight is 289 g/mol. The Morgan fingerprint density at radius 2 is 2.10 bits per heavy atom. The fraction of sp³-hybridized carbons (Fsp3) is 0.467. The smallest absolute Gasteiger partial charge is 0.346 e. The zero-order valence-corrected chi connectivity index (χ0v) is 12.0. The number of methoxy groups -OCH3 is 1. The number of benzene rings is 1. The van der Waals surface area contributed by atoms with E-state index in [4.69, 9.17) is 4.74 Å². The van der Waals surface area contributed by atoms with Gasteiger partial charge in [-0.05, 0) is 30.5 Å². The fourth-order valence-corrected chi connectivity index (χ4v) is 2.66. The summed E-state index contributed by atoms with van der Waals surface area (Å²) in [5.74, 6) is 1.56. The van der Waals surface area contributed by atoms with Gasteiger partial charge in [-0.15, -0.1) is 0 Å². The molecular weight excluding hydrogens is 270 g/mol. The molecule has 1 aromatic heterocycles. The van der Waals surface area contributed by atoms with Gasteiger partial charge in [0.05, 0.1) is 19.8 Å². The Balaban J connectivity index is 1.79. The molecule has 21 heavy (non-hydrogen) atoms. The second-order valence-electron chi connectivity index (χ2n) is 5.28. The number of fused-ring (bicyclic) bond motifs is 1. The van der Waals surface area contributed by atoms with Gasteiger partial charge in [-0.2, -0.15) is 5.10 Å². The number of aliphatic hydroxyl groups excluding tert-OH is 1. The lowest BCUT2D eigenvalue weighted by molar-refractivity contribution is 0.149. The molecule has 0 bridgehead atoms. The van der Waals surface area contributed by atoms with Crippen molar-refractivity contribution in [2.24, 2.45) is 0 Å². The van der Waals surface area contributed by atoms with Crippen molar-refractivity contribution < 1.29 is 9.84 Å². The van der Waals surface area contributed by atoms with Gasteiger partial charge in [-0.25, -0.2) is 9.48 Å². The van der Waals surface area contributed by atoms with Gasteiger partial charge in [0.25, 0.3) is 0 Å². The maximum absolute atomic E-state index is 12.2. The number of hydrogen-bond acceptors (Lipinski definition) is 4. The Labute approximate surface area is 122 Å². The first-order valence-corrected chi connectivity index (χ1v) is 7.17. The van der Waals surface area contributed by atoms with Crippen molar-refractivity contribution in [3.63, 3.8) is 0 Å². The maximum Gasteiger partial charge on any atom is 0.346 e. The number of aromatic nitrogens is 3. The van der Waals surface area contributed by atoms with Gasteiger partial charge < -0.3 is 9.84 Å². The zero-order valence-electron chi connectivity index (χ0n) is 12.0. The predicted octanol–water partition coefficient (Wildman–Crippen LogP) is 1.12. The second-order valence-corrected chi connectivity index (χ2v) is 5.28. The van der Waals surface area contributed by atoms with Crippen LogP contribution < -0.4 is 10.4 Å². The lowest BCUT2D eigenvalue weighted by Crippen LogP contribution is -2.28. The van der Waals surface area contributed by atoms with Gasteiger partial charge in [-0.3, -0.25) is 4.57 Å². The molecule has 2 heterocycles. The molecule has 1 atom stereocenters. The lowest BCUT2D eigenvalue weighted by Gasteiger charge is -2.11. The van der Waals surface area contributed by atoms with E-state index in [1.54, 1.807) is 35.9 Å². The summed E-state index contributed by atoms with van der Waals surface area (Å²) in [5.41, 5.74) is 0.617. The summed E-state index contributed by atoms with van der Waals surface area (Å²) in [6.07, 6.45) is 2.16. The molecule has 6 heteroatoms. The lowest BCUT2D eigenvalue weighted by atomic mass is 10.1. The monoisotopic (exact) mass is 289 g/mol. The third kappa shape index (κ3) is 2.71. The van der Waals surface area contributed by atoms with Crippen LogP contribution in [0.5, 0.6) is 5.75 Å². The molecule has 1 N–H and O–H groups in total. The number of hydrogen-bond donors (Lipinski definition) is 1. The number of rotatable bonds is 4. The number of aliphatic hydroxyl groups is 1. The molecule has 0 aliphatic carbocycles. The van der Waals surface area contributed by atoms with Crippen LogP contribution in [0.15, 0.2) is 29.1 Å². The topological polar surface area (TPSA) is 69.3 Å². The first-order chi connectivity index (χ1) is 10.2. The van der Waals surface area contributed by atoms with E-state index in [1.807, 2.05) is 0 Å². The maximum atomic E-state index is 12.2. The molecule has 0 saturated heterocycles. The highest BCUT2D eigenvalue weighted by Gasteiger charge is 2.18. The van der Waals surface area contributed by atoms with Crippen LogP contribution in [0.25, 0.3) is 0 Å². The molecule has 3 rings (SSSR count). The Kier molecular flexibility index (Phi) is 3.79. The van der Waals surface area contributed by atoms with E-state index in [2.05, 4.69) is 5.10 Å². The summed E-state index contributed by atoms with van der Waals surface area (Å²) in [6.45, 7) is 0.901. The molecule has 1 aliphatic heterocycles. The van der Waals surface area contributed by atoms with Crippen LogP contribution in [-0.2, 0) is 19.5 Å². The van der Waals surface area contributed by atoms with Crippen molar-refractivity contribution in [2.75, 3.05) is 7.11 Å². The molecular formula is C15H19N3O3. The third-order valence-corrected chi connectivity index (χ3v) is 3.88.